The highest BCUT2D eigenvalue weighted by molar-refractivity contribution is 5.17. The number of hydrogen-bond acceptors (Lipinski definition) is 0. The van der Waals surface area contributed by atoms with E-state index in [9.17, 15) is 0 Å². The molecule has 0 spiro atoms. The van der Waals surface area contributed by atoms with Crippen LogP contribution in [0.25, 0.3) is 0 Å². The fourth-order valence-corrected chi connectivity index (χ4v) is 4.44. The Morgan fingerprint density at radius 2 is 0.929 bits per heavy atom. The zero-order chi connectivity index (χ0) is 20.1. The molecule has 2 fully saturated rings. The molecule has 0 aliphatic heterocycles. The molecule has 0 heterocycles. The molecule has 3 rings (SSSR count). The van der Waals surface area contributed by atoms with Crippen LogP contribution >= 0.6 is 0 Å². The fourth-order valence-electron chi connectivity index (χ4n) is 4.44. The lowest BCUT2D eigenvalue weighted by Crippen LogP contribution is -2.12. The third kappa shape index (κ3) is 11.9. The second kappa shape index (κ2) is 16.1. The van der Waals surface area contributed by atoms with Gasteiger partial charge in [-0.25, -0.2) is 0 Å². The Balaban J connectivity index is 0.000000384. The summed E-state index contributed by atoms with van der Waals surface area (Å²) in [6, 6.07) is 10.5. The SMILES string of the molecule is C.CC(C)C1CCCCC1.CC(C)C1CCCCC1.CC(C)c1ccccc1. The van der Waals surface area contributed by atoms with Crippen molar-refractivity contribution >= 4 is 0 Å². The van der Waals surface area contributed by atoms with Gasteiger partial charge in [0.05, 0.1) is 0 Å². The van der Waals surface area contributed by atoms with Crippen molar-refractivity contribution in [3.63, 3.8) is 0 Å². The Labute approximate surface area is 178 Å². The van der Waals surface area contributed by atoms with Gasteiger partial charge in [-0.1, -0.05) is 144 Å². The molecule has 164 valence electrons. The van der Waals surface area contributed by atoms with E-state index < -0.39 is 0 Å². The normalized spacial score (nSPS) is 18.0. The van der Waals surface area contributed by atoms with Crippen LogP contribution in [-0.2, 0) is 0 Å². The topological polar surface area (TPSA) is 0 Å². The largest absolute Gasteiger partial charge is 0.0776 e. The van der Waals surface area contributed by atoms with Gasteiger partial charge in [0.15, 0.2) is 0 Å². The van der Waals surface area contributed by atoms with Crippen molar-refractivity contribution in [3.05, 3.63) is 35.9 Å². The molecule has 0 aromatic heterocycles. The van der Waals surface area contributed by atoms with Crippen LogP contribution in [0.4, 0.5) is 0 Å². The van der Waals surface area contributed by atoms with Gasteiger partial charge in [-0.15, -0.1) is 0 Å². The van der Waals surface area contributed by atoms with Crippen molar-refractivity contribution in [2.45, 2.75) is 119 Å². The first kappa shape index (κ1) is 27.2. The maximum Gasteiger partial charge on any atom is -0.0219 e. The first-order valence-electron chi connectivity index (χ1n) is 12.0. The molecule has 0 N–H and O–H groups in total. The number of benzene rings is 1. The first-order valence-corrected chi connectivity index (χ1v) is 12.0. The highest BCUT2D eigenvalue weighted by Gasteiger charge is 2.16. The van der Waals surface area contributed by atoms with Crippen molar-refractivity contribution in [1.29, 1.82) is 0 Å². The van der Waals surface area contributed by atoms with Crippen molar-refractivity contribution in [3.8, 4) is 0 Å². The molecular formula is C28H52. The van der Waals surface area contributed by atoms with Crippen LogP contribution in [0.1, 0.15) is 125 Å². The average Bonchev–Trinajstić information content (AvgIpc) is 2.71. The second-order valence-corrected chi connectivity index (χ2v) is 9.85. The molecule has 28 heavy (non-hydrogen) atoms. The molecule has 2 saturated carbocycles. The van der Waals surface area contributed by atoms with Crippen LogP contribution in [0, 0.1) is 23.7 Å². The number of rotatable bonds is 3. The monoisotopic (exact) mass is 388 g/mol. The summed E-state index contributed by atoms with van der Waals surface area (Å²) < 4.78 is 0. The van der Waals surface area contributed by atoms with E-state index >= 15 is 0 Å². The van der Waals surface area contributed by atoms with E-state index in [0.717, 1.165) is 23.7 Å². The summed E-state index contributed by atoms with van der Waals surface area (Å²) in [7, 11) is 0. The third-order valence-electron chi connectivity index (χ3n) is 6.65. The van der Waals surface area contributed by atoms with E-state index in [2.05, 4.69) is 65.8 Å². The minimum atomic E-state index is 0. The molecule has 0 radical (unpaired) electrons. The third-order valence-corrected chi connectivity index (χ3v) is 6.65. The lowest BCUT2D eigenvalue weighted by molar-refractivity contribution is 0.279. The Morgan fingerprint density at radius 1 is 0.571 bits per heavy atom. The van der Waals surface area contributed by atoms with Gasteiger partial charge in [0, 0.05) is 0 Å². The van der Waals surface area contributed by atoms with Crippen LogP contribution in [-0.4, -0.2) is 0 Å². The second-order valence-electron chi connectivity index (χ2n) is 9.85. The minimum Gasteiger partial charge on any atom is -0.0776 e. The van der Waals surface area contributed by atoms with Crippen LogP contribution in [0.15, 0.2) is 30.3 Å². The van der Waals surface area contributed by atoms with Gasteiger partial charge >= 0.3 is 0 Å². The Morgan fingerprint density at radius 3 is 1.14 bits per heavy atom. The molecule has 0 saturated heterocycles. The highest BCUT2D eigenvalue weighted by atomic mass is 14.2. The van der Waals surface area contributed by atoms with Crippen LogP contribution < -0.4 is 0 Å². The van der Waals surface area contributed by atoms with Gasteiger partial charge in [0.2, 0.25) is 0 Å². The molecular weight excluding hydrogens is 336 g/mol. The molecule has 0 bridgehead atoms. The summed E-state index contributed by atoms with van der Waals surface area (Å²) >= 11 is 0. The van der Waals surface area contributed by atoms with E-state index in [1.807, 2.05) is 6.07 Å². The van der Waals surface area contributed by atoms with Gasteiger partial charge < -0.3 is 0 Å². The highest BCUT2D eigenvalue weighted by Crippen LogP contribution is 2.29. The Kier molecular flexibility index (Phi) is 15.6. The molecule has 1 aromatic carbocycles. The van der Waals surface area contributed by atoms with Crippen LogP contribution in [0.5, 0.6) is 0 Å². The van der Waals surface area contributed by atoms with E-state index in [0.29, 0.717) is 5.92 Å². The van der Waals surface area contributed by atoms with Crippen molar-refractivity contribution in [2.24, 2.45) is 23.7 Å². The maximum absolute atomic E-state index is 2.36. The molecule has 0 nitrogen and oxygen atoms in total. The van der Waals surface area contributed by atoms with Crippen molar-refractivity contribution in [2.75, 3.05) is 0 Å². The Bertz CT molecular complexity index is 408. The van der Waals surface area contributed by atoms with E-state index in [-0.39, 0.29) is 7.43 Å². The summed E-state index contributed by atoms with van der Waals surface area (Å²) in [6.07, 6.45) is 14.9. The maximum atomic E-state index is 2.36. The van der Waals surface area contributed by atoms with E-state index in [1.165, 1.54) is 69.8 Å². The zero-order valence-electron chi connectivity index (χ0n) is 19.3. The van der Waals surface area contributed by atoms with Gasteiger partial charge in [-0.3, -0.25) is 0 Å². The van der Waals surface area contributed by atoms with E-state index in [4.69, 9.17) is 0 Å². The number of hydrogen-bond donors (Lipinski definition) is 0. The summed E-state index contributed by atoms with van der Waals surface area (Å²) in [5.74, 6) is 4.64. The van der Waals surface area contributed by atoms with Crippen LogP contribution in [0.2, 0.25) is 0 Å². The predicted molar refractivity (Wildman–Crippen MR) is 130 cm³/mol. The first-order chi connectivity index (χ1) is 12.9. The van der Waals surface area contributed by atoms with E-state index in [1.54, 1.807) is 0 Å². The minimum absolute atomic E-state index is 0. The molecule has 0 heteroatoms. The predicted octanol–water partition coefficient (Wildman–Crippen LogP) is 9.89. The smallest absolute Gasteiger partial charge is 0.0219 e. The van der Waals surface area contributed by atoms with Gasteiger partial charge in [-0.05, 0) is 35.2 Å². The average molecular weight is 389 g/mol. The fraction of sp³-hybridized carbons (Fsp3) is 0.786. The molecule has 1 aromatic rings. The summed E-state index contributed by atoms with van der Waals surface area (Å²) in [4.78, 5) is 0. The van der Waals surface area contributed by atoms with Gasteiger partial charge in [-0.2, -0.15) is 0 Å². The molecule has 0 unspecified atom stereocenters. The van der Waals surface area contributed by atoms with Gasteiger partial charge in [0.1, 0.15) is 0 Å². The molecule has 2 aliphatic carbocycles. The standard InChI is InChI=1S/2C9H18.C9H12.CH4/c3*1-8(2)9-6-4-3-5-7-9;/h2*8-9H,3-7H2,1-2H3;3-8H,1-2H3;1H4. The lowest BCUT2D eigenvalue weighted by atomic mass is 9.82. The quantitative estimate of drug-likeness (QED) is 0.483. The zero-order valence-corrected chi connectivity index (χ0v) is 19.3. The van der Waals surface area contributed by atoms with Gasteiger partial charge in [0.25, 0.3) is 0 Å². The molecule has 0 amide bonds. The summed E-state index contributed by atoms with van der Waals surface area (Å²) in [6.45, 7) is 13.8. The van der Waals surface area contributed by atoms with Crippen molar-refractivity contribution in [1.82, 2.24) is 0 Å². The summed E-state index contributed by atoms with van der Waals surface area (Å²) in [5.41, 5.74) is 1.41. The lowest BCUT2D eigenvalue weighted by Gasteiger charge is -2.24. The Hall–Kier alpha value is -0.780. The molecule has 0 atom stereocenters. The summed E-state index contributed by atoms with van der Waals surface area (Å²) in [5, 5.41) is 0. The molecule has 2 aliphatic rings. The van der Waals surface area contributed by atoms with Crippen LogP contribution in [0.3, 0.4) is 0 Å². The van der Waals surface area contributed by atoms with Crippen molar-refractivity contribution < 1.29 is 0 Å².